The van der Waals surface area contributed by atoms with E-state index in [4.69, 9.17) is 4.74 Å². The molecule has 0 aromatic heterocycles. The number of nitrogens with zero attached hydrogens (tertiary/aromatic N) is 1. The highest BCUT2D eigenvalue weighted by Crippen LogP contribution is 2.44. The van der Waals surface area contributed by atoms with Gasteiger partial charge in [0.05, 0.1) is 5.92 Å². The predicted molar refractivity (Wildman–Crippen MR) is 106 cm³/mol. The number of halogens is 1. The van der Waals surface area contributed by atoms with Crippen molar-refractivity contribution < 1.29 is 23.5 Å². The minimum atomic E-state index is -0.561. The lowest BCUT2D eigenvalue weighted by molar-refractivity contribution is -0.146. The third-order valence-electron chi connectivity index (χ3n) is 6.13. The average molecular weight is 406 g/mol. The van der Waals surface area contributed by atoms with Crippen LogP contribution in [0.25, 0.3) is 0 Å². The molecule has 1 N–H and O–H groups in total. The molecule has 2 atom stereocenters. The second kappa shape index (κ2) is 8.28. The van der Waals surface area contributed by atoms with Gasteiger partial charge in [-0.2, -0.15) is 0 Å². The van der Waals surface area contributed by atoms with Gasteiger partial charge in [0.15, 0.2) is 0 Å². The zero-order chi connectivity index (χ0) is 21.3. The molecule has 0 bridgehead atoms. The maximum atomic E-state index is 14.1. The molecule has 29 heavy (non-hydrogen) atoms. The summed E-state index contributed by atoms with van der Waals surface area (Å²) in [4.78, 5) is 37.5. The van der Waals surface area contributed by atoms with Crippen molar-refractivity contribution in [2.45, 2.75) is 59.5 Å². The predicted octanol–water partition coefficient (Wildman–Crippen LogP) is 3.10. The van der Waals surface area contributed by atoms with Crippen molar-refractivity contribution >= 4 is 17.7 Å². The lowest BCUT2D eigenvalue weighted by Gasteiger charge is -2.41. The standard InChI is InChI=1S/C22H31FN2O4/c1-13-16(23)5-6-17(20(13)22(2,3)4)29-15-7-9-25(10-8-15)21(28)14-11-18(26)24-19(27)12-14/h5-6,13-15,20H,7-12H2,1-4H3,(H,24,26,27). The zero-order valence-corrected chi connectivity index (χ0v) is 17.7. The summed E-state index contributed by atoms with van der Waals surface area (Å²) < 4.78 is 20.4. The molecular weight excluding hydrogens is 375 g/mol. The number of piperidine rings is 2. The highest BCUT2D eigenvalue weighted by molar-refractivity contribution is 6.02. The summed E-state index contributed by atoms with van der Waals surface area (Å²) in [6.45, 7) is 9.22. The number of amides is 3. The molecule has 3 aliphatic rings. The van der Waals surface area contributed by atoms with E-state index in [0.29, 0.717) is 25.9 Å². The molecule has 1 aliphatic carbocycles. The lowest BCUT2D eigenvalue weighted by atomic mass is 9.70. The third-order valence-corrected chi connectivity index (χ3v) is 6.13. The van der Waals surface area contributed by atoms with E-state index in [1.54, 1.807) is 11.0 Å². The summed E-state index contributed by atoms with van der Waals surface area (Å²) in [6, 6.07) is 0. The summed E-state index contributed by atoms with van der Waals surface area (Å²) in [7, 11) is 0. The molecule has 7 heteroatoms. The van der Waals surface area contributed by atoms with Crippen LogP contribution in [0.15, 0.2) is 23.7 Å². The Labute approximate surface area is 171 Å². The van der Waals surface area contributed by atoms with Crippen LogP contribution in [0.4, 0.5) is 4.39 Å². The van der Waals surface area contributed by atoms with Gasteiger partial charge in [0.2, 0.25) is 17.7 Å². The Bertz CT molecular complexity index is 728. The SMILES string of the molecule is CC1C(F)=CC=C(OC2CCN(C(=O)C3CC(=O)NC(=O)C3)CC2)C1C(C)(C)C. The van der Waals surface area contributed by atoms with Crippen molar-refractivity contribution in [1.82, 2.24) is 10.2 Å². The van der Waals surface area contributed by atoms with Crippen molar-refractivity contribution in [3.8, 4) is 0 Å². The van der Waals surface area contributed by atoms with Gasteiger partial charge in [-0.15, -0.1) is 0 Å². The number of rotatable bonds is 3. The largest absolute Gasteiger partial charge is 0.494 e. The summed E-state index contributed by atoms with van der Waals surface area (Å²) in [6.07, 6.45) is 4.68. The van der Waals surface area contributed by atoms with E-state index in [1.807, 2.05) is 6.92 Å². The van der Waals surface area contributed by atoms with Gasteiger partial charge in [-0.25, -0.2) is 4.39 Å². The van der Waals surface area contributed by atoms with Crippen molar-refractivity contribution in [1.29, 1.82) is 0 Å². The molecule has 2 fully saturated rings. The first-order valence-corrected chi connectivity index (χ1v) is 10.4. The van der Waals surface area contributed by atoms with Gasteiger partial charge in [-0.1, -0.05) is 27.7 Å². The van der Waals surface area contributed by atoms with E-state index in [9.17, 15) is 18.8 Å². The number of nitrogens with one attached hydrogen (secondary N) is 1. The van der Waals surface area contributed by atoms with Gasteiger partial charge in [-0.05, 0) is 17.6 Å². The minimum absolute atomic E-state index is 0.0341. The fourth-order valence-corrected chi connectivity index (χ4v) is 4.71. The molecule has 3 amide bonds. The van der Waals surface area contributed by atoms with Crippen LogP contribution in [-0.4, -0.2) is 41.8 Å². The minimum Gasteiger partial charge on any atom is -0.494 e. The molecule has 0 aromatic rings. The molecule has 3 rings (SSSR count). The van der Waals surface area contributed by atoms with Crippen LogP contribution in [0.3, 0.4) is 0 Å². The van der Waals surface area contributed by atoms with Gasteiger partial charge in [0.1, 0.15) is 17.7 Å². The molecule has 6 nitrogen and oxygen atoms in total. The van der Waals surface area contributed by atoms with Crippen LogP contribution in [-0.2, 0) is 19.1 Å². The number of carbonyl (C=O) groups excluding carboxylic acids is 3. The van der Waals surface area contributed by atoms with Crippen molar-refractivity contribution in [2.24, 2.45) is 23.2 Å². The molecule has 0 radical (unpaired) electrons. The summed E-state index contributed by atoms with van der Waals surface area (Å²) in [5.74, 6) is -1.04. The van der Waals surface area contributed by atoms with Gasteiger partial charge in [-0.3, -0.25) is 19.7 Å². The first-order valence-electron chi connectivity index (χ1n) is 10.4. The van der Waals surface area contributed by atoms with Crippen LogP contribution in [0, 0.1) is 23.2 Å². The highest BCUT2D eigenvalue weighted by atomic mass is 19.1. The molecule has 0 spiro atoms. The monoisotopic (exact) mass is 406 g/mol. The van der Waals surface area contributed by atoms with Gasteiger partial charge >= 0.3 is 0 Å². The Morgan fingerprint density at radius 2 is 1.72 bits per heavy atom. The fraction of sp³-hybridized carbons (Fsp3) is 0.682. The van der Waals surface area contributed by atoms with E-state index in [2.05, 4.69) is 26.1 Å². The molecule has 2 aliphatic heterocycles. The average Bonchev–Trinajstić information content (AvgIpc) is 2.63. The molecule has 2 saturated heterocycles. The Morgan fingerprint density at radius 3 is 2.28 bits per heavy atom. The zero-order valence-electron chi connectivity index (χ0n) is 17.7. The number of likely N-dealkylation sites (tertiary alicyclic amines) is 1. The van der Waals surface area contributed by atoms with E-state index in [1.165, 1.54) is 6.08 Å². The molecule has 0 aromatic carbocycles. The molecule has 0 saturated carbocycles. The maximum absolute atomic E-state index is 14.1. The van der Waals surface area contributed by atoms with E-state index >= 15 is 0 Å². The van der Waals surface area contributed by atoms with Gasteiger partial charge in [0.25, 0.3) is 0 Å². The summed E-state index contributed by atoms with van der Waals surface area (Å²) in [5, 5.41) is 2.24. The molecule has 160 valence electrons. The molecular formula is C22H31FN2O4. The Morgan fingerprint density at radius 1 is 1.14 bits per heavy atom. The van der Waals surface area contributed by atoms with Crippen LogP contribution in [0.1, 0.15) is 53.4 Å². The quantitative estimate of drug-likeness (QED) is 0.731. The third kappa shape index (κ3) is 4.87. The smallest absolute Gasteiger partial charge is 0.227 e. The lowest BCUT2D eigenvalue weighted by Crippen LogP contribution is -2.48. The van der Waals surface area contributed by atoms with E-state index < -0.39 is 5.92 Å². The van der Waals surface area contributed by atoms with Crippen LogP contribution < -0.4 is 5.32 Å². The van der Waals surface area contributed by atoms with Crippen LogP contribution in [0.5, 0.6) is 0 Å². The topological polar surface area (TPSA) is 75.7 Å². The van der Waals surface area contributed by atoms with Crippen LogP contribution >= 0.6 is 0 Å². The van der Waals surface area contributed by atoms with E-state index in [-0.39, 0.29) is 59.7 Å². The second-order valence-electron chi connectivity index (χ2n) is 9.47. The summed E-state index contributed by atoms with van der Waals surface area (Å²) in [5.41, 5.74) is -0.137. The first kappa shape index (κ1) is 21.5. The fourth-order valence-electron chi connectivity index (χ4n) is 4.71. The van der Waals surface area contributed by atoms with Crippen molar-refractivity contribution in [3.05, 3.63) is 23.7 Å². The van der Waals surface area contributed by atoms with Crippen LogP contribution in [0.2, 0.25) is 0 Å². The number of carbonyl (C=O) groups is 3. The maximum Gasteiger partial charge on any atom is 0.227 e. The first-order chi connectivity index (χ1) is 13.6. The van der Waals surface area contributed by atoms with Gasteiger partial charge < -0.3 is 9.64 Å². The Balaban J connectivity index is 1.59. The van der Waals surface area contributed by atoms with Crippen molar-refractivity contribution in [2.75, 3.05) is 13.1 Å². The van der Waals surface area contributed by atoms with Gasteiger partial charge in [0, 0.05) is 50.6 Å². The Kier molecular flexibility index (Phi) is 6.15. The van der Waals surface area contributed by atoms with Crippen molar-refractivity contribution in [3.63, 3.8) is 0 Å². The number of ether oxygens (including phenoxy) is 1. The number of imide groups is 1. The highest BCUT2D eigenvalue weighted by Gasteiger charge is 2.40. The second-order valence-corrected chi connectivity index (χ2v) is 9.47. The Hall–Kier alpha value is -2.18. The number of allylic oxidation sites excluding steroid dienone is 4. The normalized spacial score (nSPS) is 27.3. The summed E-state index contributed by atoms with van der Waals surface area (Å²) >= 11 is 0. The number of hydrogen-bond acceptors (Lipinski definition) is 4. The number of hydrogen-bond donors (Lipinski definition) is 1. The molecule has 2 heterocycles. The van der Waals surface area contributed by atoms with E-state index in [0.717, 1.165) is 5.76 Å². The molecule has 2 unspecified atom stereocenters.